The Kier molecular flexibility index (Phi) is 8.23. The van der Waals surface area contributed by atoms with Crippen LogP contribution in [0.15, 0.2) is 24.3 Å². The van der Waals surface area contributed by atoms with Crippen molar-refractivity contribution in [3.05, 3.63) is 29.8 Å². The number of carbonyl (C=O) groups is 3. The first-order valence-corrected chi connectivity index (χ1v) is 8.22. The quantitative estimate of drug-likeness (QED) is 0.600. The number of carboxylic acid groups (broad SMARTS) is 1. The zero-order valence-electron chi connectivity index (χ0n) is 15.0. The molecule has 0 aliphatic carbocycles. The molecular formula is C17H22F3N3O4. The van der Waals surface area contributed by atoms with Crippen molar-refractivity contribution < 1.29 is 32.7 Å². The minimum atomic E-state index is -4.62. The van der Waals surface area contributed by atoms with Crippen LogP contribution in [0.1, 0.15) is 25.3 Å². The second kappa shape index (κ2) is 9.91. The number of hydrogen-bond acceptors (Lipinski definition) is 4. The van der Waals surface area contributed by atoms with Crippen LogP contribution in [0.2, 0.25) is 0 Å². The van der Waals surface area contributed by atoms with Crippen molar-refractivity contribution in [2.75, 3.05) is 25.5 Å². The second-order valence-corrected chi connectivity index (χ2v) is 5.90. The summed E-state index contributed by atoms with van der Waals surface area (Å²) in [5.41, 5.74) is -1.39. The molecule has 0 saturated heterocycles. The Balaban J connectivity index is 2.62. The number of benzene rings is 1. The largest absolute Gasteiger partial charge is 0.480 e. The maximum atomic E-state index is 12.9. The van der Waals surface area contributed by atoms with Crippen LogP contribution in [0.25, 0.3) is 0 Å². The molecule has 27 heavy (non-hydrogen) atoms. The number of hydrogen-bond donors (Lipinski definition) is 3. The Hall–Kier alpha value is -2.62. The fourth-order valence-electron chi connectivity index (χ4n) is 2.28. The lowest BCUT2D eigenvalue weighted by Gasteiger charge is -2.20. The van der Waals surface area contributed by atoms with E-state index in [-0.39, 0.29) is 6.54 Å². The van der Waals surface area contributed by atoms with Crippen LogP contribution in [0.5, 0.6) is 0 Å². The molecule has 0 saturated carbocycles. The highest BCUT2D eigenvalue weighted by molar-refractivity contribution is 5.95. The third kappa shape index (κ3) is 7.26. The van der Waals surface area contributed by atoms with Crippen LogP contribution >= 0.6 is 0 Å². The van der Waals surface area contributed by atoms with Gasteiger partial charge < -0.3 is 15.3 Å². The lowest BCUT2D eigenvalue weighted by atomic mass is 10.1. The molecule has 150 valence electrons. The van der Waals surface area contributed by atoms with Crippen LogP contribution in [0, 0.1) is 0 Å². The van der Waals surface area contributed by atoms with Gasteiger partial charge in [0.15, 0.2) is 0 Å². The number of nitrogens with zero attached hydrogens (tertiary/aromatic N) is 1. The summed E-state index contributed by atoms with van der Waals surface area (Å²) in [4.78, 5) is 36.0. The molecule has 1 atom stereocenters. The maximum Gasteiger partial charge on any atom is 0.418 e. The Bertz CT molecular complexity index is 680. The molecule has 0 fully saturated rings. The van der Waals surface area contributed by atoms with Crippen molar-refractivity contribution in [3.63, 3.8) is 0 Å². The first-order chi connectivity index (χ1) is 12.6. The van der Waals surface area contributed by atoms with Gasteiger partial charge in [0.2, 0.25) is 11.8 Å². The van der Waals surface area contributed by atoms with E-state index in [1.807, 2.05) is 0 Å². The molecule has 0 aromatic heterocycles. The molecule has 0 bridgehead atoms. The Morgan fingerprint density at radius 1 is 1.22 bits per heavy atom. The molecule has 1 aromatic rings. The predicted octanol–water partition coefficient (Wildman–Crippen LogP) is 1.95. The number of nitrogens with one attached hydrogen (secondary N) is 2. The van der Waals surface area contributed by atoms with E-state index in [1.165, 1.54) is 19.2 Å². The van der Waals surface area contributed by atoms with Crippen molar-refractivity contribution in [1.82, 2.24) is 10.2 Å². The Labute approximate surface area is 154 Å². The van der Waals surface area contributed by atoms with Gasteiger partial charge in [-0.05, 0) is 18.6 Å². The van der Waals surface area contributed by atoms with Crippen molar-refractivity contribution in [3.8, 4) is 0 Å². The van der Waals surface area contributed by atoms with Gasteiger partial charge in [-0.1, -0.05) is 25.5 Å². The summed E-state index contributed by atoms with van der Waals surface area (Å²) in [6.07, 6.45) is -3.68. The van der Waals surface area contributed by atoms with Gasteiger partial charge in [0.05, 0.1) is 24.3 Å². The summed E-state index contributed by atoms with van der Waals surface area (Å²) in [5, 5.41) is 13.7. The molecule has 1 unspecified atom stereocenters. The number of halogens is 3. The summed E-state index contributed by atoms with van der Waals surface area (Å²) >= 11 is 0. The summed E-state index contributed by atoms with van der Waals surface area (Å²) in [7, 11) is 1.30. The standard InChI is InChI=1S/C17H22F3N3O4/c1-3-6-13(16(26)27)21-9-15(25)23(2)10-14(24)22-12-8-5-4-7-11(12)17(18,19)20/h4-5,7-8,13,21H,3,6,9-10H2,1-2H3,(H,22,24)(H,26,27). The second-order valence-electron chi connectivity index (χ2n) is 5.90. The van der Waals surface area contributed by atoms with Gasteiger partial charge in [-0.15, -0.1) is 0 Å². The lowest BCUT2D eigenvalue weighted by Crippen LogP contribution is -2.45. The van der Waals surface area contributed by atoms with Crippen molar-refractivity contribution in [1.29, 1.82) is 0 Å². The molecule has 0 radical (unpaired) electrons. The first-order valence-electron chi connectivity index (χ1n) is 8.22. The molecule has 7 nitrogen and oxygen atoms in total. The molecule has 1 rings (SSSR count). The zero-order chi connectivity index (χ0) is 20.6. The van der Waals surface area contributed by atoms with Gasteiger partial charge in [-0.25, -0.2) is 0 Å². The molecule has 0 aliphatic heterocycles. The molecular weight excluding hydrogens is 367 g/mol. The van der Waals surface area contributed by atoms with E-state index in [1.54, 1.807) is 6.92 Å². The van der Waals surface area contributed by atoms with E-state index in [9.17, 15) is 27.6 Å². The highest BCUT2D eigenvalue weighted by atomic mass is 19.4. The lowest BCUT2D eigenvalue weighted by molar-refractivity contribution is -0.140. The average Bonchev–Trinajstić information content (AvgIpc) is 2.57. The topological polar surface area (TPSA) is 98.7 Å². The van der Waals surface area contributed by atoms with E-state index >= 15 is 0 Å². The van der Waals surface area contributed by atoms with Crippen molar-refractivity contribution in [2.24, 2.45) is 0 Å². The number of anilines is 1. The monoisotopic (exact) mass is 389 g/mol. The number of carboxylic acids is 1. The van der Waals surface area contributed by atoms with E-state index < -0.39 is 47.8 Å². The molecule has 0 spiro atoms. The normalized spacial score (nSPS) is 12.3. The van der Waals surface area contributed by atoms with Gasteiger partial charge in [0.1, 0.15) is 6.04 Å². The third-order valence-corrected chi connectivity index (χ3v) is 3.69. The number of rotatable bonds is 9. The van der Waals surface area contributed by atoms with Crippen LogP contribution in [0.3, 0.4) is 0 Å². The minimum absolute atomic E-state index is 0.306. The highest BCUT2D eigenvalue weighted by Gasteiger charge is 2.33. The van der Waals surface area contributed by atoms with Gasteiger partial charge in [0, 0.05) is 7.05 Å². The summed E-state index contributed by atoms with van der Waals surface area (Å²) in [5.74, 6) is -2.45. The molecule has 10 heteroatoms. The average molecular weight is 389 g/mol. The van der Waals surface area contributed by atoms with Gasteiger partial charge in [-0.2, -0.15) is 13.2 Å². The van der Waals surface area contributed by atoms with E-state index in [0.29, 0.717) is 12.8 Å². The molecule has 1 aromatic carbocycles. The molecule has 3 N–H and O–H groups in total. The fourth-order valence-corrected chi connectivity index (χ4v) is 2.28. The number of para-hydroxylation sites is 1. The Morgan fingerprint density at radius 3 is 2.41 bits per heavy atom. The number of alkyl halides is 3. The maximum absolute atomic E-state index is 12.9. The van der Waals surface area contributed by atoms with E-state index in [0.717, 1.165) is 17.0 Å². The highest BCUT2D eigenvalue weighted by Crippen LogP contribution is 2.34. The van der Waals surface area contributed by atoms with Crippen LogP contribution in [-0.4, -0.2) is 54.0 Å². The number of aliphatic carboxylic acids is 1. The molecule has 2 amide bonds. The first kappa shape index (κ1) is 22.4. The number of carbonyl (C=O) groups excluding carboxylic acids is 2. The summed E-state index contributed by atoms with van der Waals surface area (Å²) in [6, 6.07) is 3.62. The predicted molar refractivity (Wildman–Crippen MR) is 92.0 cm³/mol. The summed E-state index contributed by atoms with van der Waals surface area (Å²) in [6.45, 7) is 1.02. The van der Waals surface area contributed by atoms with Gasteiger partial charge in [0.25, 0.3) is 0 Å². The Morgan fingerprint density at radius 2 is 1.85 bits per heavy atom. The molecule has 0 aliphatic rings. The van der Waals surface area contributed by atoms with Gasteiger partial charge in [-0.3, -0.25) is 19.7 Å². The fraction of sp³-hybridized carbons (Fsp3) is 0.471. The third-order valence-electron chi connectivity index (χ3n) is 3.69. The van der Waals surface area contributed by atoms with Crippen molar-refractivity contribution >= 4 is 23.5 Å². The van der Waals surface area contributed by atoms with Crippen LogP contribution in [-0.2, 0) is 20.6 Å². The minimum Gasteiger partial charge on any atom is -0.480 e. The van der Waals surface area contributed by atoms with E-state index in [4.69, 9.17) is 5.11 Å². The smallest absolute Gasteiger partial charge is 0.418 e. The van der Waals surface area contributed by atoms with Crippen LogP contribution in [0.4, 0.5) is 18.9 Å². The van der Waals surface area contributed by atoms with Crippen LogP contribution < -0.4 is 10.6 Å². The number of likely N-dealkylation sites (N-methyl/N-ethyl adjacent to an activating group) is 1. The van der Waals surface area contributed by atoms with Crippen molar-refractivity contribution in [2.45, 2.75) is 32.0 Å². The zero-order valence-corrected chi connectivity index (χ0v) is 15.0. The van der Waals surface area contributed by atoms with E-state index in [2.05, 4.69) is 10.6 Å². The SMILES string of the molecule is CCCC(NCC(=O)N(C)CC(=O)Nc1ccccc1C(F)(F)F)C(=O)O. The summed E-state index contributed by atoms with van der Waals surface area (Å²) < 4.78 is 38.8. The number of amides is 2. The molecule has 0 heterocycles. The van der Waals surface area contributed by atoms with Gasteiger partial charge >= 0.3 is 12.1 Å².